The fraction of sp³-hybridized carbons (Fsp3) is 0.357. The Morgan fingerprint density at radius 1 is 0.424 bits per heavy atom. The molecule has 0 saturated heterocycles. The van der Waals surface area contributed by atoms with Crippen LogP contribution in [-0.2, 0) is 27.1 Å². The molecule has 6 aromatic rings. The first-order valence-corrected chi connectivity index (χ1v) is 21.0. The highest BCUT2D eigenvalue weighted by molar-refractivity contribution is 7.00. The number of benzene rings is 6. The Hall–Kier alpha value is -5.02. The molecule has 0 aromatic heterocycles. The Kier molecular flexibility index (Phi) is 7.02. The molecule has 0 saturated carbocycles. The maximum absolute atomic E-state index is 9.69. The van der Waals surface area contributed by atoms with Crippen LogP contribution in [0.5, 0.6) is 0 Å². The molecule has 59 heavy (non-hydrogen) atoms. The molecule has 0 amide bonds. The summed E-state index contributed by atoms with van der Waals surface area (Å²) in [5.41, 5.74) is 9.32. The van der Waals surface area contributed by atoms with Gasteiger partial charge in [0.2, 0.25) is 0 Å². The molecular formula is C56H65BN2. The standard InChI is InChI=1S/C56H65BN2/c1-52(2,3)37-21-19-36(20-22-37)43-33-39(54(7,8)9)26-31-46(43)59-49-18-16-17-48-51(49)57(44-30-25-41(35-50(44)59)56(13,14)15)45-34-40(55(10,11)12)27-32-47(45)58(48)42-28-23-38(24-29-42)53(4,5)6/h16-35H,1-15H3/i1D3,2D3,19D,20D,21D,22D. The van der Waals surface area contributed by atoms with Gasteiger partial charge >= 0.3 is 0 Å². The zero-order valence-electron chi connectivity index (χ0n) is 47.2. The fourth-order valence-electron chi connectivity index (χ4n) is 8.61. The van der Waals surface area contributed by atoms with Crippen LogP contribution in [0, 0.1) is 0 Å². The van der Waals surface area contributed by atoms with Crippen molar-refractivity contribution in [2.24, 2.45) is 0 Å². The summed E-state index contributed by atoms with van der Waals surface area (Å²) in [6.45, 7) is 20.5. The average Bonchev–Trinajstić information content (AvgIpc) is 3.23. The Balaban J connectivity index is 1.50. The van der Waals surface area contributed by atoms with Crippen LogP contribution in [0.1, 0.15) is 145 Å². The summed E-state index contributed by atoms with van der Waals surface area (Å²) in [7, 11) is 0. The van der Waals surface area contributed by atoms with Gasteiger partial charge in [-0.2, -0.15) is 0 Å². The predicted octanol–water partition coefficient (Wildman–Crippen LogP) is 13.9. The summed E-state index contributed by atoms with van der Waals surface area (Å²) in [5, 5.41) is 0. The Morgan fingerprint density at radius 2 is 0.932 bits per heavy atom. The molecule has 0 fully saturated rings. The zero-order chi connectivity index (χ0) is 51.1. The van der Waals surface area contributed by atoms with Crippen LogP contribution in [0.4, 0.5) is 34.1 Å². The van der Waals surface area contributed by atoms with E-state index in [-0.39, 0.29) is 28.5 Å². The summed E-state index contributed by atoms with van der Waals surface area (Å²) in [6, 6.07) is 32.3. The second-order valence-electron chi connectivity index (χ2n) is 21.0. The first-order valence-electron chi connectivity index (χ1n) is 26.0. The van der Waals surface area contributed by atoms with Crippen molar-refractivity contribution in [3.63, 3.8) is 0 Å². The van der Waals surface area contributed by atoms with E-state index in [9.17, 15) is 5.48 Å². The van der Waals surface area contributed by atoms with Gasteiger partial charge in [-0.25, -0.2) is 0 Å². The predicted molar refractivity (Wildman–Crippen MR) is 259 cm³/mol. The van der Waals surface area contributed by atoms with E-state index in [0.29, 0.717) is 11.3 Å². The maximum Gasteiger partial charge on any atom is 0.252 e. The highest BCUT2D eigenvalue weighted by Gasteiger charge is 2.44. The normalized spacial score (nSPS) is 17.1. The minimum Gasteiger partial charge on any atom is -0.311 e. The molecule has 302 valence electrons. The number of fused-ring (bicyclic) bond motifs is 4. The lowest BCUT2D eigenvalue weighted by Gasteiger charge is -2.45. The van der Waals surface area contributed by atoms with E-state index in [1.165, 1.54) is 11.1 Å². The van der Waals surface area contributed by atoms with E-state index < -0.39 is 54.3 Å². The number of hydrogen-bond donors (Lipinski definition) is 0. The van der Waals surface area contributed by atoms with Gasteiger partial charge in [0.25, 0.3) is 6.71 Å². The third-order valence-electron chi connectivity index (χ3n) is 12.2. The van der Waals surface area contributed by atoms with Gasteiger partial charge in [-0.05, 0) is 125 Å². The molecule has 2 aliphatic heterocycles. The monoisotopic (exact) mass is 787 g/mol. The van der Waals surface area contributed by atoms with Crippen molar-refractivity contribution >= 4 is 57.2 Å². The third-order valence-corrected chi connectivity index (χ3v) is 12.2. The number of hydrogen-bond acceptors (Lipinski definition) is 2. The Labute approximate surface area is 370 Å². The van der Waals surface area contributed by atoms with E-state index in [4.69, 9.17) is 8.22 Å². The highest BCUT2D eigenvalue weighted by atomic mass is 15.2. The highest BCUT2D eigenvalue weighted by Crippen LogP contribution is 2.48. The molecule has 2 nitrogen and oxygen atoms in total. The lowest BCUT2D eigenvalue weighted by Crippen LogP contribution is -2.61. The minimum absolute atomic E-state index is 0.0441. The van der Waals surface area contributed by atoms with Gasteiger partial charge in [0, 0.05) is 42.2 Å². The molecule has 0 bridgehead atoms. The van der Waals surface area contributed by atoms with Gasteiger partial charge in [-0.1, -0.05) is 176 Å². The Morgan fingerprint density at radius 3 is 1.51 bits per heavy atom. The smallest absolute Gasteiger partial charge is 0.252 e. The molecule has 2 heterocycles. The molecule has 0 radical (unpaired) electrons. The molecule has 0 N–H and O–H groups in total. The van der Waals surface area contributed by atoms with Gasteiger partial charge < -0.3 is 9.80 Å². The van der Waals surface area contributed by atoms with Crippen LogP contribution < -0.4 is 26.2 Å². The SMILES string of the molecule is [2H]c1c([2H])c(C(C)(C([2H])([2H])[2H])C([2H])([2H])[2H])c([2H])c([2H])c1-c1cc(C(C)(C)C)ccc1N1c2cc(C(C)(C)C)ccc2B2c3cc(C(C)(C)C)ccc3N(c3ccc(C(C)(C)C)cc3)c3cccc1c32. The van der Waals surface area contributed by atoms with E-state index in [1.54, 1.807) is 0 Å². The van der Waals surface area contributed by atoms with Gasteiger partial charge in [0.05, 0.1) is 11.2 Å². The van der Waals surface area contributed by atoms with Crippen LogP contribution in [0.2, 0.25) is 0 Å². The van der Waals surface area contributed by atoms with Gasteiger partial charge in [-0.3, -0.25) is 0 Å². The molecule has 6 aromatic carbocycles. The van der Waals surface area contributed by atoms with E-state index in [1.807, 2.05) is 18.2 Å². The van der Waals surface area contributed by atoms with Crippen molar-refractivity contribution < 1.29 is 13.7 Å². The van der Waals surface area contributed by atoms with Crippen molar-refractivity contribution in [3.8, 4) is 11.1 Å². The van der Waals surface area contributed by atoms with Crippen LogP contribution >= 0.6 is 0 Å². The maximum atomic E-state index is 9.69. The molecule has 0 spiro atoms. The first kappa shape index (κ1) is 30.1. The van der Waals surface area contributed by atoms with Crippen molar-refractivity contribution in [2.75, 3.05) is 9.80 Å². The second-order valence-corrected chi connectivity index (χ2v) is 21.0. The van der Waals surface area contributed by atoms with Gasteiger partial charge in [-0.15, -0.1) is 0 Å². The van der Waals surface area contributed by atoms with Crippen molar-refractivity contribution in [3.05, 3.63) is 149 Å². The van der Waals surface area contributed by atoms with E-state index in [0.717, 1.165) is 62.9 Å². The Bertz CT molecular complexity index is 2990. The summed E-state index contributed by atoms with van der Waals surface area (Å²) >= 11 is 0. The summed E-state index contributed by atoms with van der Waals surface area (Å²) in [5.74, 6) is 0. The largest absolute Gasteiger partial charge is 0.311 e. The van der Waals surface area contributed by atoms with Crippen molar-refractivity contribution in [1.29, 1.82) is 0 Å². The number of anilines is 6. The lowest BCUT2D eigenvalue weighted by molar-refractivity contribution is 0.589. The van der Waals surface area contributed by atoms with E-state index >= 15 is 0 Å². The minimum atomic E-state index is -3.19. The molecule has 8 rings (SSSR count). The average molecular weight is 787 g/mol. The van der Waals surface area contributed by atoms with E-state index in [2.05, 4.69) is 172 Å². The molecule has 0 unspecified atom stereocenters. The van der Waals surface area contributed by atoms with Crippen LogP contribution in [-0.4, -0.2) is 6.71 Å². The van der Waals surface area contributed by atoms with Crippen molar-refractivity contribution in [1.82, 2.24) is 0 Å². The number of nitrogens with zero attached hydrogens (tertiary/aromatic N) is 2. The molecule has 2 aliphatic rings. The quantitative estimate of drug-likeness (QED) is 0.165. The van der Waals surface area contributed by atoms with Gasteiger partial charge in [0.1, 0.15) is 0 Å². The van der Waals surface area contributed by atoms with Crippen LogP contribution in [0.3, 0.4) is 0 Å². The number of rotatable bonds is 3. The topological polar surface area (TPSA) is 6.48 Å². The van der Waals surface area contributed by atoms with Crippen LogP contribution in [0.25, 0.3) is 11.1 Å². The summed E-state index contributed by atoms with van der Waals surface area (Å²) in [6.07, 6.45) is 0. The summed E-state index contributed by atoms with van der Waals surface area (Å²) in [4.78, 5) is 4.56. The van der Waals surface area contributed by atoms with Crippen LogP contribution in [0.15, 0.2) is 121 Å². The molecular weight excluding hydrogens is 711 g/mol. The molecule has 3 heteroatoms. The summed E-state index contributed by atoms with van der Waals surface area (Å²) < 4.78 is 88.7. The second kappa shape index (κ2) is 13.8. The zero-order valence-corrected chi connectivity index (χ0v) is 37.2. The van der Waals surface area contributed by atoms with Gasteiger partial charge in [0.15, 0.2) is 0 Å². The third kappa shape index (κ3) is 7.23. The lowest BCUT2D eigenvalue weighted by atomic mass is 9.33. The molecule has 0 atom stereocenters. The van der Waals surface area contributed by atoms with Crippen molar-refractivity contribution in [2.45, 2.75) is 131 Å². The fourth-order valence-corrected chi connectivity index (χ4v) is 8.61. The first-order chi connectivity index (χ1) is 31.6. The molecule has 0 aliphatic carbocycles.